The van der Waals surface area contributed by atoms with E-state index in [1.165, 1.54) is 5.56 Å². The van der Waals surface area contributed by atoms with Gasteiger partial charge in [-0.1, -0.05) is 32.0 Å². The number of aryl methyl sites for hydroxylation is 1. The fourth-order valence-corrected chi connectivity index (χ4v) is 2.53. The molecule has 1 heterocycles. The molecule has 0 radical (unpaired) electrons. The lowest BCUT2D eigenvalue weighted by Crippen LogP contribution is -2.35. The summed E-state index contributed by atoms with van der Waals surface area (Å²) in [5, 5.41) is 3.27. The Hall–Kier alpha value is -1.35. The zero-order chi connectivity index (χ0) is 12.4. The van der Waals surface area contributed by atoms with Crippen LogP contribution in [0.3, 0.4) is 0 Å². The molecule has 0 fully saturated rings. The molecule has 1 atom stereocenters. The zero-order valence-corrected chi connectivity index (χ0v) is 10.8. The molecule has 0 aromatic heterocycles. The molecule has 3 nitrogen and oxygen atoms in total. The lowest BCUT2D eigenvalue weighted by atomic mass is 10.1. The summed E-state index contributed by atoms with van der Waals surface area (Å²) < 4.78 is 0. The second kappa shape index (κ2) is 4.88. The number of fused-ring (bicyclic) bond motifs is 1. The fourth-order valence-electron chi connectivity index (χ4n) is 2.53. The van der Waals surface area contributed by atoms with E-state index in [1.54, 1.807) is 0 Å². The second-order valence-electron chi connectivity index (χ2n) is 4.49. The van der Waals surface area contributed by atoms with Gasteiger partial charge in [-0.2, -0.15) is 0 Å². The average molecular weight is 232 g/mol. The first kappa shape index (κ1) is 12.1. The topological polar surface area (TPSA) is 32.3 Å². The summed E-state index contributed by atoms with van der Waals surface area (Å²) in [6, 6.07) is 6.01. The van der Waals surface area contributed by atoms with Gasteiger partial charge >= 0.3 is 0 Å². The van der Waals surface area contributed by atoms with E-state index in [2.05, 4.69) is 31.3 Å². The molecule has 0 bridgehead atoms. The summed E-state index contributed by atoms with van der Waals surface area (Å²) in [4.78, 5) is 14.3. The summed E-state index contributed by atoms with van der Waals surface area (Å²) in [5.74, 6) is 0.193. The Kier molecular flexibility index (Phi) is 3.48. The lowest BCUT2D eigenvalue weighted by Gasteiger charge is -2.18. The minimum Gasteiger partial charge on any atom is -0.310 e. The number of nitrogens with one attached hydrogen (secondary N) is 1. The van der Waals surface area contributed by atoms with Gasteiger partial charge in [0.1, 0.15) is 6.04 Å². The number of carbonyl (C=O) groups is 1. The van der Waals surface area contributed by atoms with Crippen LogP contribution in [-0.4, -0.2) is 19.0 Å². The highest BCUT2D eigenvalue weighted by Crippen LogP contribution is 2.38. The first-order valence-electron chi connectivity index (χ1n) is 6.35. The van der Waals surface area contributed by atoms with E-state index in [0.29, 0.717) is 0 Å². The van der Waals surface area contributed by atoms with Crippen LogP contribution in [-0.2, 0) is 4.79 Å². The number of benzene rings is 1. The Morgan fingerprint density at radius 1 is 1.35 bits per heavy atom. The van der Waals surface area contributed by atoms with E-state index in [9.17, 15) is 4.79 Å². The normalized spacial score (nSPS) is 18.6. The van der Waals surface area contributed by atoms with Gasteiger partial charge in [-0.05, 0) is 25.5 Å². The van der Waals surface area contributed by atoms with Crippen LogP contribution in [0.25, 0.3) is 0 Å². The van der Waals surface area contributed by atoms with Crippen molar-refractivity contribution < 1.29 is 4.79 Å². The van der Waals surface area contributed by atoms with Crippen molar-refractivity contribution in [2.75, 3.05) is 18.0 Å². The molecule has 2 rings (SSSR count). The third-order valence-electron chi connectivity index (χ3n) is 3.22. The van der Waals surface area contributed by atoms with Gasteiger partial charge in [0.2, 0.25) is 5.91 Å². The molecule has 92 valence electrons. The van der Waals surface area contributed by atoms with E-state index in [1.807, 2.05) is 17.9 Å². The van der Waals surface area contributed by atoms with Crippen molar-refractivity contribution in [1.29, 1.82) is 0 Å². The molecule has 1 aliphatic rings. The van der Waals surface area contributed by atoms with Crippen LogP contribution in [0.5, 0.6) is 0 Å². The summed E-state index contributed by atoms with van der Waals surface area (Å²) in [6.07, 6.45) is 0.984. The highest BCUT2D eigenvalue weighted by Gasteiger charge is 2.36. The van der Waals surface area contributed by atoms with E-state index >= 15 is 0 Å². The standard InChI is InChI=1S/C14H20N2O/c1-4-9-16-13-10(3)7-6-8-11(13)12(14(16)17)15-5-2/h6-8,12,15H,4-5,9H2,1-3H3. The highest BCUT2D eigenvalue weighted by atomic mass is 16.2. The highest BCUT2D eigenvalue weighted by molar-refractivity contribution is 6.05. The van der Waals surface area contributed by atoms with Crippen LogP contribution in [0.4, 0.5) is 5.69 Å². The smallest absolute Gasteiger partial charge is 0.248 e. The number of amides is 1. The number of nitrogens with zero attached hydrogens (tertiary/aromatic N) is 1. The van der Waals surface area contributed by atoms with E-state index in [0.717, 1.165) is 30.8 Å². The minimum atomic E-state index is -0.151. The monoisotopic (exact) mass is 232 g/mol. The van der Waals surface area contributed by atoms with Crippen LogP contribution < -0.4 is 10.2 Å². The largest absolute Gasteiger partial charge is 0.310 e. The molecule has 0 saturated carbocycles. The number of carbonyl (C=O) groups excluding carboxylic acids is 1. The molecular formula is C14H20N2O. The van der Waals surface area contributed by atoms with E-state index in [-0.39, 0.29) is 11.9 Å². The third kappa shape index (κ3) is 1.95. The van der Waals surface area contributed by atoms with Crippen LogP contribution in [0.2, 0.25) is 0 Å². The lowest BCUT2D eigenvalue weighted by molar-refractivity contribution is -0.120. The average Bonchev–Trinajstić information content (AvgIpc) is 2.57. The van der Waals surface area contributed by atoms with Gasteiger partial charge in [0.25, 0.3) is 0 Å². The molecule has 1 aliphatic heterocycles. The number of hydrogen-bond donors (Lipinski definition) is 1. The van der Waals surface area contributed by atoms with Crippen molar-refractivity contribution in [3.8, 4) is 0 Å². The van der Waals surface area contributed by atoms with Crippen molar-refractivity contribution in [3.05, 3.63) is 29.3 Å². The second-order valence-corrected chi connectivity index (χ2v) is 4.49. The minimum absolute atomic E-state index is 0.151. The number of para-hydroxylation sites is 1. The Bertz CT molecular complexity index is 428. The fraction of sp³-hybridized carbons (Fsp3) is 0.500. The maximum atomic E-state index is 12.4. The molecule has 1 aromatic rings. The van der Waals surface area contributed by atoms with Crippen LogP contribution in [0.15, 0.2) is 18.2 Å². The van der Waals surface area contributed by atoms with Crippen molar-refractivity contribution >= 4 is 11.6 Å². The Labute approximate surface area is 103 Å². The molecule has 1 N–H and O–H groups in total. The van der Waals surface area contributed by atoms with Crippen LogP contribution in [0.1, 0.15) is 37.4 Å². The molecule has 1 amide bonds. The molecule has 0 aliphatic carbocycles. The van der Waals surface area contributed by atoms with Gasteiger partial charge in [0.15, 0.2) is 0 Å². The number of likely N-dealkylation sites (N-methyl/N-ethyl adjacent to an activating group) is 1. The van der Waals surface area contributed by atoms with Gasteiger partial charge < -0.3 is 10.2 Å². The first-order valence-corrected chi connectivity index (χ1v) is 6.35. The van der Waals surface area contributed by atoms with Crippen molar-refractivity contribution in [3.63, 3.8) is 0 Å². The van der Waals surface area contributed by atoms with Crippen molar-refractivity contribution in [2.24, 2.45) is 0 Å². The molecular weight excluding hydrogens is 212 g/mol. The summed E-state index contributed by atoms with van der Waals surface area (Å²) in [6.45, 7) is 7.82. The van der Waals surface area contributed by atoms with E-state index in [4.69, 9.17) is 0 Å². The Balaban J connectivity index is 2.45. The molecule has 3 heteroatoms. The Morgan fingerprint density at radius 3 is 2.76 bits per heavy atom. The van der Waals surface area contributed by atoms with E-state index < -0.39 is 0 Å². The summed E-state index contributed by atoms with van der Waals surface area (Å²) >= 11 is 0. The van der Waals surface area contributed by atoms with Crippen LogP contribution >= 0.6 is 0 Å². The maximum Gasteiger partial charge on any atom is 0.248 e. The number of rotatable bonds is 4. The van der Waals surface area contributed by atoms with Crippen molar-refractivity contribution in [1.82, 2.24) is 5.32 Å². The third-order valence-corrected chi connectivity index (χ3v) is 3.22. The van der Waals surface area contributed by atoms with Crippen LogP contribution in [0, 0.1) is 6.92 Å². The predicted octanol–water partition coefficient (Wildman–Crippen LogP) is 2.40. The SMILES string of the molecule is CCCN1C(=O)C(NCC)c2cccc(C)c21. The molecule has 0 spiro atoms. The van der Waals surface area contributed by atoms with Gasteiger partial charge in [0, 0.05) is 12.1 Å². The first-order chi connectivity index (χ1) is 8.20. The van der Waals surface area contributed by atoms with Gasteiger partial charge in [-0.25, -0.2) is 0 Å². The van der Waals surface area contributed by atoms with Gasteiger partial charge in [-0.3, -0.25) is 4.79 Å². The Morgan fingerprint density at radius 2 is 2.12 bits per heavy atom. The number of anilines is 1. The predicted molar refractivity (Wildman–Crippen MR) is 70.2 cm³/mol. The van der Waals surface area contributed by atoms with Gasteiger partial charge in [0.05, 0.1) is 5.69 Å². The van der Waals surface area contributed by atoms with Crippen molar-refractivity contribution in [2.45, 2.75) is 33.2 Å². The number of hydrogen-bond acceptors (Lipinski definition) is 2. The summed E-state index contributed by atoms with van der Waals surface area (Å²) in [7, 11) is 0. The molecule has 0 saturated heterocycles. The van der Waals surface area contributed by atoms with Gasteiger partial charge in [-0.15, -0.1) is 0 Å². The zero-order valence-electron chi connectivity index (χ0n) is 10.8. The molecule has 1 aromatic carbocycles. The summed E-state index contributed by atoms with van der Waals surface area (Å²) in [5.41, 5.74) is 3.43. The maximum absolute atomic E-state index is 12.4. The quantitative estimate of drug-likeness (QED) is 0.864. The molecule has 17 heavy (non-hydrogen) atoms. The molecule has 1 unspecified atom stereocenters.